The molecule has 4 aromatic rings. The van der Waals surface area contributed by atoms with Gasteiger partial charge in [-0.05, 0) is 48.0 Å². The maximum Gasteiger partial charge on any atom is 0.273 e. The number of carbonyl (C=O) groups is 1. The molecule has 9 heteroatoms. The summed E-state index contributed by atoms with van der Waals surface area (Å²) in [7, 11) is 0. The predicted octanol–water partition coefficient (Wildman–Crippen LogP) is 5.00. The van der Waals surface area contributed by atoms with Crippen molar-refractivity contribution in [3.8, 4) is 11.8 Å². The Balaban J connectivity index is 1.96. The molecule has 1 aromatic heterocycles. The van der Waals surface area contributed by atoms with Gasteiger partial charge >= 0.3 is 0 Å². The van der Waals surface area contributed by atoms with Gasteiger partial charge in [0.15, 0.2) is 5.57 Å². The minimum absolute atomic E-state index is 0.180. The smallest absolute Gasteiger partial charge is 0.273 e. The van der Waals surface area contributed by atoms with E-state index in [2.05, 4.69) is 5.32 Å². The Kier molecular flexibility index (Phi) is 7.20. The summed E-state index contributed by atoms with van der Waals surface area (Å²) in [6.07, 6.45) is 1.64. The molecule has 0 aliphatic heterocycles. The van der Waals surface area contributed by atoms with Crippen LogP contribution in [-0.2, 0) is 4.79 Å². The van der Waals surface area contributed by atoms with Crippen LogP contribution in [0.5, 0.6) is 0 Å². The number of halogens is 3. The van der Waals surface area contributed by atoms with E-state index in [1.807, 2.05) is 12.1 Å². The summed E-state index contributed by atoms with van der Waals surface area (Å²) in [4.78, 5) is 26.5. The average molecular weight is 527 g/mol. The van der Waals surface area contributed by atoms with Crippen LogP contribution in [0.3, 0.4) is 0 Å². The van der Waals surface area contributed by atoms with Crippen LogP contribution < -0.4 is 20.1 Å². The second kappa shape index (κ2) is 10.3. The van der Waals surface area contributed by atoms with E-state index in [-0.39, 0.29) is 26.5 Å². The number of anilines is 1. The van der Waals surface area contributed by atoms with E-state index in [0.717, 1.165) is 11.3 Å². The van der Waals surface area contributed by atoms with Crippen LogP contribution in [0.1, 0.15) is 5.56 Å². The largest absolute Gasteiger partial charge is 0.320 e. The third kappa shape index (κ3) is 4.93. The highest BCUT2D eigenvalue weighted by Crippen LogP contribution is 2.25. The molecule has 0 radical (unpaired) electrons. The summed E-state index contributed by atoms with van der Waals surface area (Å²) in [5, 5.41) is 13.6. The average Bonchev–Trinajstić information content (AvgIpc) is 3.14. The van der Waals surface area contributed by atoms with Crippen LogP contribution >= 0.6 is 46.1 Å². The number of aromatic nitrogens is 1. The number of hydrogen-bond acceptors (Lipinski definition) is 4. The molecule has 0 unspecified atom stereocenters. The van der Waals surface area contributed by atoms with Gasteiger partial charge in [0, 0.05) is 10.0 Å². The molecule has 1 heterocycles. The van der Waals surface area contributed by atoms with Gasteiger partial charge in [0.1, 0.15) is 10.7 Å². The summed E-state index contributed by atoms with van der Waals surface area (Å²) in [6.45, 7) is 0. The highest BCUT2D eigenvalue weighted by Gasteiger charge is 2.18. The maximum atomic E-state index is 13.4. The van der Waals surface area contributed by atoms with Crippen LogP contribution in [-0.4, -0.2) is 10.5 Å². The lowest BCUT2D eigenvalue weighted by Crippen LogP contribution is -2.32. The number of carbonyl (C=O) groups excluding carboxylic acids is 1. The van der Waals surface area contributed by atoms with Gasteiger partial charge in [0.2, 0.25) is 0 Å². The molecule has 0 aliphatic carbocycles. The van der Waals surface area contributed by atoms with E-state index in [4.69, 9.17) is 34.8 Å². The van der Waals surface area contributed by atoms with Crippen molar-refractivity contribution >= 4 is 69.4 Å². The number of nitrogens with zero attached hydrogens (tertiary/aromatic N) is 2. The third-order valence-corrected chi connectivity index (χ3v) is 6.75. The minimum atomic E-state index is -0.707. The summed E-state index contributed by atoms with van der Waals surface area (Å²) >= 11 is 19.4. The zero-order chi connectivity index (χ0) is 24.2. The highest BCUT2D eigenvalue weighted by atomic mass is 35.5. The molecule has 3 aromatic carbocycles. The first-order chi connectivity index (χ1) is 16.4. The second-order valence-electron chi connectivity index (χ2n) is 6.98. The molecule has 168 valence electrons. The van der Waals surface area contributed by atoms with E-state index in [0.29, 0.717) is 25.8 Å². The summed E-state index contributed by atoms with van der Waals surface area (Å²) in [5.41, 5.74) is 0.830. The summed E-state index contributed by atoms with van der Waals surface area (Å²) in [5.74, 6) is -0.707. The quantitative estimate of drug-likeness (QED) is 0.407. The van der Waals surface area contributed by atoms with Crippen molar-refractivity contribution in [3.05, 3.63) is 113 Å². The molecule has 5 nitrogen and oxygen atoms in total. The number of benzene rings is 3. The van der Waals surface area contributed by atoms with E-state index in [1.165, 1.54) is 16.7 Å². The van der Waals surface area contributed by atoms with Crippen molar-refractivity contribution in [3.63, 3.8) is 0 Å². The molecule has 34 heavy (non-hydrogen) atoms. The molecular formula is C25H14Cl3N3O2S. The molecule has 0 saturated heterocycles. The Hall–Kier alpha value is -3.34. The van der Waals surface area contributed by atoms with Gasteiger partial charge in [-0.1, -0.05) is 71.2 Å². The number of para-hydroxylation sites is 1. The Morgan fingerprint density at radius 2 is 1.68 bits per heavy atom. The lowest BCUT2D eigenvalue weighted by Gasteiger charge is -2.07. The summed E-state index contributed by atoms with van der Waals surface area (Å²) in [6, 6.07) is 22.4. The number of thiazole rings is 1. The van der Waals surface area contributed by atoms with E-state index in [1.54, 1.807) is 60.7 Å². The van der Waals surface area contributed by atoms with E-state index < -0.39 is 5.91 Å². The van der Waals surface area contributed by atoms with Gasteiger partial charge < -0.3 is 5.32 Å². The zero-order valence-electron chi connectivity index (χ0n) is 17.3. The van der Waals surface area contributed by atoms with Crippen LogP contribution in [0.15, 0.2) is 77.6 Å². The van der Waals surface area contributed by atoms with Gasteiger partial charge in [-0.3, -0.25) is 14.2 Å². The lowest BCUT2D eigenvalue weighted by molar-refractivity contribution is -0.111. The first-order valence-corrected chi connectivity index (χ1v) is 11.8. The SMILES string of the molecule is N#CC(C(=O)Nc1ccc(Cl)cc1Cl)=c1sc(=Cc2ccccc2Cl)c(=O)n1-c1ccccc1. The van der Waals surface area contributed by atoms with Crippen LogP contribution in [0.25, 0.3) is 17.3 Å². The molecule has 0 saturated carbocycles. The molecule has 1 amide bonds. The Labute approximate surface area is 213 Å². The molecule has 4 rings (SSSR count). The van der Waals surface area contributed by atoms with Gasteiger partial charge in [0.25, 0.3) is 11.5 Å². The normalized spacial score (nSPS) is 12.2. The molecule has 1 N–H and O–H groups in total. The Bertz CT molecular complexity index is 1620. The highest BCUT2D eigenvalue weighted by molar-refractivity contribution is 7.07. The van der Waals surface area contributed by atoms with Crippen molar-refractivity contribution in [1.29, 1.82) is 5.26 Å². The number of rotatable bonds is 4. The van der Waals surface area contributed by atoms with Crippen LogP contribution in [0.2, 0.25) is 15.1 Å². The summed E-state index contributed by atoms with van der Waals surface area (Å²) < 4.78 is 1.84. The Morgan fingerprint density at radius 1 is 0.971 bits per heavy atom. The molecule has 0 fully saturated rings. The monoisotopic (exact) mass is 525 g/mol. The molecule has 0 bridgehead atoms. The zero-order valence-corrected chi connectivity index (χ0v) is 20.3. The number of amides is 1. The van der Waals surface area contributed by atoms with Crippen molar-refractivity contribution in [2.75, 3.05) is 5.32 Å². The number of nitriles is 1. The fraction of sp³-hybridized carbons (Fsp3) is 0. The maximum absolute atomic E-state index is 13.4. The van der Waals surface area contributed by atoms with Crippen LogP contribution in [0, 0.1) is 11.3 Å². The predicted molar refractivity (Wildman–Crippen MR) is 138 cm³/mol. The van der Waals surface area contributed by atoms with Crippen molar-refractivity contribution < 1.29 is 4.79 Å². The first kappa shape index (κ1) is 23.8. The lowest BCUT2D eigenvalue weighted by atomic mass is 10.2. The van der Waals surface area contributed by atoms with E-state index >= 15 is 0 Å². The standard InChI is InChI=1S/C25H14Cl3N3O2S/c26-16-10-11-21(20(28)13-16)30-23(32)18(14-29)25-31(17-7-2-1-3-8-17)24(33)22(34-25)12-15-6-4-5-9-19(15)27/h1-13H,(H,30,32). The van der Waals surface area contributed by atoms with E-state index in [9.17, 15) is 14.9 Å². The Morgan fingerprint density at radius 3 is 2.35 bits per heavy atom. The third-order valence-electron chi connectivity index (χ3n) is 4.76. The van der Waals surface area contributed by atoms with Crippen molar-refractivity contribution in [2.45, 2.75) is 0 Å². The molecule has 0 spiro atoms. The topological polar surface area (TPSA) is 74.9 Å². The fourth-order valence-electron chi connectivity index (χ4n) is 3.17. The van der Waals surface area contributed by atoms with Crippen molar-refractivity contribution in [1.82, 2.24) is 4.57 Å². The van der Waals surface area contributed by atoms with Crippen molar-refractivity contribution in [2.24, 2.45) is 0 Å². The first-order valence-electron chi connectivity index (χ1n) is 9.83. The number of nitrogens with one attached hydrogen (secondary N) is 1. The van der Waals surface area contributed by atoms with Gasteiger partial charge in [-0.15, -0.1) is 11.3 Å². The minimum Gasteiger partial charge on any atom is -0.320 e. The second-order valence-corrected chi connectivity index (χ2v) is 9.26. The van der Waals surface area contributed by atoms with Gasteiger partial charge in [0.05, 0.1) is 20.9 Å². The fourth-order valence-corrected chi connectivity index (χ4v) is 4.91. The molecular weight excluding hydrogens is 513 g/mol. The van der Waals surface area contributed by atoms with Gasteiger partial charge in [-0.25, -0.2) is 0 Å². The number of hydrogen-bond donors (Lipinski definition) is 1. The molecule has 0 aliphatic rings. The molecule has 0 atom stereocenters. The van der Waals surface area contributed by atoms with Gasteiger partial charge in [-0.2, -0.15) is 5.26 Å². The van der Waals surface area contributed by atoms with Crippen LogP contribution in [0.4, 0.5) is 5.69 Å².